The fourth-order valence-corrected chi connectivity index (χ4v) is 2.32. The van der Waals surface area contributed by atoms with Crippen molar-refractivity contribution in [3.8, 4) is 0 Å². The van der Waals surface area contributed by atoms with Gasteiger partial charge in [0.05, 0.1) is 0 Å². The Labute approximate surface area is 109 Å². The number of hydrogen-bond donors (Lipinski definition) is 2. The fraction of sp³-hybridized carbons (Fsp3) is 0.533. The van der Waals surface area contributed by atoms with E-state index in [0.717, 1.165) is 18.7 Å². The maximum absolute atomic E-state index is 11.8. The maximum Gasteiger partial charge on any atom is 0.225 e. The van der Waals surface area contributed by atoms with Crippen molar-refractivity contribution in [2.24, 2.45) is 0 Å². The maximum atomic E-state index is 11.8. The Hall–Kier alpha value is -1.35. The molecule has 2 N–H and O–H groups in total. The molecule has 0 saturated carbocycles. The molecule has 1 fully saturated rings. The van der Waals surface area contributed by atoms with Gasteiger partial charge in [0.2, 0.25) is 5.91 Å². The van der Waals surface area contributed by atoms with Crippen molar-refractivity contribution in [3.63, 3.8) is 0 Å². The van der Waals surface area contributed by atoms with Crippen LogP contribution < -0.4 is 10.6 Å². The Morgan fingerprint density at radius 2 is 2.11 bits per heavy atom. The van der Waals surface area contributed by atoms with Gasteiger partial charge in [0.1, 0.15) is 0 Å². The van der Waals surface area contributed by atoms with Crippen LogP contribution >= 0.6 is 0 Å². The fourth-order valence-electron chi connectivity index (χ4n) is 2.32. The molecule has 0 radical (unpaired) electrons. The zero-order valence-electron chi connectivity index (χ0n) is 11.2. The van der Waals surface area contributed by atoms with E-state index in [0.29, 0.717) is 18.4 Å². The third kappa shape index (κ3) is 3.57. The predicted molar refractivity (Wildman–Crippen MR) is 74.8 cm³/mol. The van der Waals surface area contributed by atoms with Crippen molar-refractivity contribution in [1.29, 1.82) is 0 Å². The highest BCUT2D eigenvalue weighted by Crippen LogP contribution is 2.17. The smallest absolute Gasteiger partial charge is 0.225 e. The third-order valence-corrected chi connectivity index (χ3v) is 3.46. The van der Waals surface area contributed by atoms with Crippen molar-refractivity contribution in [1.82, 2.24) is 5.32 Å². The molecule has 1 aliphatic rings. The number of nitrogens with one attached hydrogen (secondary N) is 2. The van der Waals surface area contributed by atoms with E-state index < -0.39 is 0 Å². The van der Waals surface area contributed by atoms with Crippen LogP contribution in [0.1, 0.15) is 44.6 Å². The first kappa shape index (κ1) is 13.1. The lowest BCUT2D eigenvalue weighted by Gasteiger charge is -2.11. The zero-order valence-corrected chi connectivity index (χ0v) is 11.2. The predicted octanol–water partition coefficient (Wildman–Crippen LogP) is 2.89. The van der Waals surface area contributed by atoms with Crippen molar-refractivity contribution in [2.45, 2.75) is 45.1 Å². The summed E-state index contributed by atoms with van der Waals surface area (Å²) in [5.41, 5.74) is 2.19. The van der Waals surface area contributed by atoms with Gasteiger partial charge >= 0.3 is 0 Å². The van der Waals surface area contributed by atoms with Gasteiger partial charge in [-0.2, -0.15) is 0 Å². The number of carbonyl (C=O) groups excluding carboxylic acids is 1. The van der Waals surface area contributed by atoms with E-state index in [9.17, 15) is 4.79 Å². The molecule has 0 aromatic heterocycles. The molecule has 0 aliphatic carbocycles. The second-order valence-electron chi connectivity index (χ2n) is 5.32. The molecule has 98 valence electrons. The highest BCUT2D eigenvalue weighted by atomic mass is 16.1. The summed E-state index contributed by atoms with van der Waals surface area (Å²) in [5, 5.41) is 6.29. The second-order valence-corrected chi connectivity index (χ2v) is 5.32. The molecular formula is C15H22N2O. The number of amides is 1. The van der Waals surface area contributed by atoms with Crippen molar-refractivity contribution in [2.75, 3.05) is 11.9 Å². The van der Waals surface area contributed by atoms with Crippen LogP contribution in [0, 0.1) is 0 Å². The van der Waals surface area contributed by atoms with Gasteiger partial charge in [-0.1, -0.05) is 26.0 Å². The summed E-state index contributed by atoms with van der Waals surface area (Å²) in [6.07, 6.45) is 2.87. The molecule has 1 saturated heterocycles. The topological polar surface area (TPSA) is 41.1 Å². The molecule has 3 nitrogen and oxygen atoms in total. The molecule has 18 heavy (non-hydrogen) atoms. The van der Waals surface area contributed by atoms with Gasteiger partial charge in [0, 0.05) is 18.2 Å². The van der Waals surface area contributed by atoms with E-state index in [1.165, 1.54) is 12.0 Å². The quantitative estimate of drug-likeness (QED) is 0.857. The molecule has 1 aromatic carbocycles. The molecule has 2 rings (SSSR count). The first-order chi connectivity index (χ1) is 8.65. The van der Waals surface area contributed by atoms with Crippen molar-refractivity contribution in [3.05, 3.63) is 29.8 Å². The summed E-state index contributed by atoms with van der Waals surface area (Å²) in [6, 6.07) is 8.48. The number of rotatable bonds is 4. The molecule has 0 spiro atoms. The van der Waals surface area contributed by atoms with Gasteiger partial charge in [-0.05, 0) is 43.0 Å². The Morgan fingerprint density at radius 3 is 2.67 bits per heavy atom. The SMILES string of the molecule is CC(C)c1ccc(NC(=O)CC2CCCN2)cc1. The standard InChI is InChI=1S/C15H22N2O/c1-11(2)12-5-7-13(8-6-12)17-15(18)10-14-4-3-9-16-14/h5-8,11,14,16H,3-4,9-10H2,1-2H3,(H,17,18). The lowest BCUT2D eigenvalue weighted by molar-refractivity contribution is -0.116. The van der Waals surface area contributed by atoms with E-state index in [1.54, 1.807) is 0 Å². The highest BCUT2D eigenvalue weighted by Gasteiger charge is 2.17. The Bertz CT molecular complexity index is 391. The molecule has 3 heteroatoms. The zero-order chi connectivity index (χ0) is 13.0. The van der Waals surface area contributed by atoms with Crippen LogP contribution in [0.15, 0.2) is 24.3 Å². The summed E-state index contributed by atoms with van der Waals surface area (Å²) in [4.78, 5) is 11.8. The van der Waals surface area contributed by atoms with E-state index in [2.05, 4.69) is 36.6 Å². The molecule has 1 unspecified atom stereocenters. The van der Waals surface area contributed by atoms with Crippen LogP contribution in [-0.2, 0) is 4.79 Å². The minimum Gasteiger partial charge on any atom is -0.326 e. The molecular weight excluding hydrogens is 224 g/mol. The van der Waals surface area contributed by atoms with Gasteiger partial charge in [0.25, 0.3) is 0 Å². The Morgan fingerprint density at radius 1 is 1.39 bits per heavy atom. The monoisotopic (exact) mass is 246 g/mol. The third-order valence-electron chi connectivity index (χ3n) is 3.46. The normalized spacial score (nSPS) is 19.2. The number of benzene rings is 1. The van der Waals surface area contributed by atoms with Crippen LogP contribution in [0.25, 0.3) is 0 Å². The van der Waals surface area contributed by atoms with Crippen molar-refractivity contribution < 1.29 is 4.79 Å². The highest BCUT2D eigenvalue weighted by molar-refractivity contribution is 5.91. The molecule has 1 amide bonds. The second kappa shape index (κ2) is 6.01. The first-order valence-electron chi connectivity index (χ1n) is 6.78. The van der Waals surface area contributed by atoms with E-state index in [-0.39, 0.29) is 5.91 Å². The largest absolute Gasteiger partial charge is 0.326 e. The molecule has 1 heterocycles. The van der Waals surface area contributed by atoms with Gasteiger partial charge < -0.3 is 10.6 Å². The summed E-state index contributed by atoms with van der Waals surface area (Å²) in [7, 11) is 0. The van der Waals surface area contributed by atoms with Crippen LogP contribution in [-0.4, -0.2) is 18.5 Å². The molecule has 1 aliphatic heterocycles. The minimum atomic E-state index is 0.103. The van der Waals surface area contributed by atoms with E-state index in [4.69, 9.17) is 0 Å². The Balaban J connectivity index is 1.86. The van der Waals surface area contributed by atoms with Gasteiger partial charge in [-0.3, -0.25) is 4.79 Å². The van der Waals surface area contributed by atoms with Gasteiger partial charge in [-0.15, -0.1) is 0 Å². The first-order valence-corrected chi connectivity index (χ1v) is 6.78. The van der Waals surface area contributed by atoms with Gasteiger partial charge in [-0.25, -0.2) is 0 Å². The minimum absolute atomic E-state index is 0.103. The lowest BCUT2D eigenvalue weighted by Crippen LogP contribution is -2.27. The number of anilines is 1. The van der Waals surface area contributed by atoms with E-state index in [1.807, 2.05) is 12.1 Å². The average Bonchev–Trinajstić information content (AvgIpc) is 2.82. The van der Waals surface area contributed by atoms with Gasteiger partial charge in [0.15, 0.2) is 0 Å². The molecule has 0 bridgehead atoms. The van der Waals surface area contributed by atoms with Crippen molar-refractivity contribution >= 4 is 11.6 Å². The Kier molecular flexibility index (Phi) is 4.37. The molecule has 1 atom stereocenters. The summed E-state index contributed by atoms with van der Waals surface area (Å²) in [6.45, 7) is 5.37. The summed E-state index contributed by atoms with van der Waals surface area (Å²) < 4.78 is 0. The lowest BCUT2D eigenvalue weighted by atomic mass is 10.0. The van der Waals surface area contributed by atoms with Crippen LogP contribution in [0.4, 0.5) is 5.69 Å². The summed E-state index contributed by atoms with van der Waals surface area (Å²) >= 11 is 0. The van der Waals surface area contributed by atoms with E-state index >= 15 is 0 Å². The number of carbonyl (C=O) groups is 1. The number of hydrogen-bond acceptors (Lipinski definition) is 2. The van der Waals surface area contributed by atoms with Crippen LogP contribution in [0.2, 0.25) is 0 Å². The van der Waals surface area contributed by atoms with Crippen LogP contribution in [0.5, 0.6) is 0 Å². The average molecular weight is 246 g/mol. The summed E-state index contributed by atoms with van der Waals surface area (Å²) in [5.74, 6) is 0.629. The molecule has 1 aromatic rings. The van der Waals surface area contributed by atoms with Crippen LogP contribution in [0.3, 0.4) is 0 Å².